The van der Waals surface area contributed by atoms with Gasteiger partial charge >= 0.3 is 0 Å². The number of aryl methyl sites for hydroxylation is 1. The number of aromatic amines is 1. The Morgan fingerprint density at radius 1 is 0.971 bits per heavy atom. The van der Waals surface area contributed by atoms with Crippen LogP contribution in [0.15, 0.2) is 84.0 Å². The maximum atomic E-state index is 14.5. The van der Waals surface area contributed by atoms with Crippen molar-refractivity contribution >= 4 is 28.7 Å². The van der Waals surface area contributed by atoms with E-state index >= 15 is 0 Å². The number of rotatable bonds is 9. The van der Waals surface area contributed by atoms with E-state index in [9.17, 15) is 9.18 Å². The largest absolute Gasteiger partial charge is 0.355 e. The van der Waals surface area contributed by atoms with Crippen LogP contribution in [0.1, 0.15) is 12.2 Å². The van der Waals surface area contributed by atoms with E-state index in [1.54, 1.807) is 22.8 Å². The summed E-state index contributed by atoms with van der Waals surface area (Å²) in [6, 6.07) is 23.8. The van der Waals surface area contributed by atoms with Crippen molar-refractivity contribution in [3.05, 3.63) is 90.5 Å². The number of hydrogen-bond donors (Lipinski definition) is 2. The number of hydrogen-bond acceptors (Lipinski definition) is 5. The Balaban J connectivity index is 1.21. The van der Waals surface area contributed by atoms with Gasteiger partial charge in [-0.25, -0.2) is 9.37 Å². The van der Waals surface area contributed by atoms with Gasteiger partial charge in [0.2, 0.25) is 5.91 Å². The van der Waals surface area contributed by atoms with Crippen molar-refractivity contribution in [2.24, 2.45) is 0 Å². The van der Waals surface area contributed by atoms with Crippen LogP contribution in [0.25, 0.3) is 28.1 Å². The third-order valence-electron chi connectivity index (χ3n) is 5.45. The highest BCUT2D eigenvalue weighted by Crippen LogP contribution is 2.29. The smallest absolute Gasteiger partial charge is 0.230 e. The number of H-pyrrole nitrogens is 1. The molecule has 7 nitrogen and oxygen atoms in total. The number of benzene rings is 3. The van der Waals surface area contributed by atoms with E-state index in [0.717, 1.165) is 35.4 Å². The van der Waals surface area contributed by atoms with Gasteiger partial charge in [-0.05, 0) is 42.8 Å². The van der Waals surface area contributed by atoms with Crippen molar-refractivity contribution in [3.63, 3.8) is 0 Å². The number of nitrogens with one attached hydrogen (secondary N) is 2. The molecule has 0 unspecified atom stereocenters. The molecule has 0 spiro atoms. The van der Waals surface area contributed by atoms with Gasteiger partial charge < -0.3 is 10.3 Å². The molecular weight excluding hydrogens is 463 g/mol. The summed E-state index contributed by atoms with van der Waals surface area (Å²) in [6.07, 6.45) is 1.52. The lowest BCUT2D eigenvalue weighted by Gasteiger charge is -2.11. The summed E-state index contributed by atoms with van der Waals surface area (Å²) in [5, 5.41) is 12.0. The number of nitrogens with zero attached hydrogens (tertiary/aromatic N) is 4. The van der Waals surface area contributed by atoms with Crippen molar-refractivity contribution < 1.29 is 9.18 Å². The quantitative estimate of drug-likeness (QED) is 0.231. The lowest BCUT2D eigenvalue weighted by Crippen LogP contribution is -2.26. The van der Waals surface area contributed by atoms with E-state index in [4.69, 9.17) is 0 Å². The Labute approximate surface area is 205 Å². The van der Waals surface area contributed by atoms with E-state index in [-0.39, 0.29) is 17.5 Å². The van der Waals surface area contributed by atoms with Crippen LogP contribution in [0, 0.1) is 5.82 Å². The number of thioether (sulfide) groups is 1. The Bertz CT molecular complexity index is 1420. The first-order valence-electron chi connectivity index (χ1n) is 11.3. The van der Waals surface area contributed by atoms with Crippen LogP contribution < -0.4 is 5.32 Å². The molecule has 0 saturated heterocycles. The van der Waals surface area contributed by atoms with Crippen LogP contribution in [-0.4, -0.2) is 42.9 Å². The fourth-order valence-corrected chi connectivity index (χ4v) is 4.56. The molecule has 0 aliphatic heterocycles. The topological polar surface area (TPSA) is 88.5 Å². The summed E-state index contributed by atoms with van der Waals surface area (Å²) in [7, 11) is 0. The average molecular weight is 487 g/mol. The Hall–Kier alpha value is -3.98. The summed E-state index contributed by atoms with van der Waals surface area (Å²) in [5.74, 6) is 0.993. The van der Waals surface area contributed by atoms with Crippen molar-refractivity contribution in [3.8, 4) is 17.1 Å². The molecule has 1 amide bonds. The van der Waals surface area contributed by atoms with Gasteiger partial charge in [0.15, 0.2) is 11.0 Å². The van der Waals surface area contributed by atoms with Crippen LogP contribution in [0.2, 0.25) is 0 Å². The molecule has 5 aromatic rings. The molecule has 0 aliphatic rings. The summed E-state index contributed by atoms with van der Waals surface area (Å²) >= 11 is 1.27. The minimum atomic E-state index is -0.379. The summed E-state index contributed by atoms with van der Waals surface area (Å²) in [5.41, 5.74) is 3.11. The first-order valence-corrected chi connectivity index (χ1v) is 12.3. The number of aromatic nitrogens is 5. The molecule has 176 valence electrons. The molecule has 5 rings (SSSR count). The number of amides is 1. The molecule has 2 aromatic heterocycles. The maximum absolute atomic E-state index is 14.5. The fourth-order valence-electron chi connectivity index (χ4n) is 3.78. The number of carbonyl (C=O) groups excluding carboxylic acids is 1. The summed E-state index contributed by atoms with van der Waals surface area (Å²) < 4.78 is 16.3. The van der Waals surface area contributed by atoms with Gasteiger partial charge in [0.25, 0.3) is 0 Å². The number of halogens is 1. The second-order valence-electron chi connectivity index (χ2n) is 7.90. The van der Waals surface area contributed by atoms with Crippen molar-refractivity contribution in [2.45, 2.75) is 18.0 Å². The fraction of sp³-hybridized carbons (Fsp3) is 0.154. The molecule has 0 bridgehead atoms. The Morgan fingerprint density at radius 3 is 2.57 bits per heavy atom. The first-order chi connectivity index (χ1) is 17.2. The third-order valence-corrected chi connectivity index (χ3v) is 6.37. The molecule has 2 heterocycles. The van der Waals surface area contributed by atoms with Gasteiger partial charge in [0, 0.05) is 18.7 Å². The minimum Gasteiger partial charge on any atom is -0.355 e. The second kappa shape index (κ2) is 10.5. The molecule has 9 heteroatoms. The number of imidazole rings is 1. The van der Waals surface area contributed by atoms with Crippen LogP contribution in [0.3, 0.4) is 0 Å². The molecule has 2 N–H and O–H groups in total. The lowest BCUT2D eigenvalue weighted by atomic mass is 10.2. The first kappa shape index (κ1) is 22.8. The average Bonchev–Trinajstić information content (AvgIpc) is 3.50. The van der Waals surface area contributed by atoms with Crippen LogP contribution in [0.5, 0.6) is 0 Å². The van der Waals surface area contributed by atoms with Crippen molar-refractivity contribution in [2.75, 3.05) is 12.3 Å². The zero-order chi connectivity index (χ0) is 24.0. The predicted octanol–water partition coefficient (Wildman–Crippen LogP) is 4.79. The highest BCUT2D eigenvalue weighted by molar-refractivity contribution is 7.99. The Kier molecular flexibility index (Phi) is 6.85. The van der Waals surface area contributed by atoms with Gasteiger partial charge in [0.1, 0.15) is 11.6 Å². The molecule has 3 aromatic carbocycles. The highest BCUT2D eigenvalue weighted by Gasteiger charge is 2.19. The van der Waals surface area contributed by atoms with Crippen LogP contribution >= 0.6 is 11.8 Å². The third kappa shape index (κ3) is 5.25. The molecular formula is C26H23FN6OS. The predicted molar refractivity (Wildman–Crippen MR) is 135 cm³/mol. The standard InChI is InChI=1S/C26H23FN6OS/c27-20-12-5-4-11-19(20)25-31-32-26(33(25)18-9-2-1-3-10-18)35-17-24(34)28-16-8-15-23-29-21-13-6-7-14-22(21)30-23/h1-7,9-14H,8,15-17H2,(H,28,34)(H,29,30). The van der Waals surface area contributed by atoms with Crippen LogP contribution in [0.4, 0.5) is 4.39 Å². The molecule has 0 fully saturated rings. The number of carbonyl (C=O) groups is 1. The van der Waals surface area contributed by atoms with Gasteiger partial charge in [-0.2, -0.15) is 0 Å². The SMILES string of the molecule is O=C(CSc1nnc(-c2ccccc2F)n1-c1ccccc1)NCCCc1nc2ccccc2[nH]1. The zero-order valence-electron chi connectivity index (χ0n) is 18.8. The van der Waals surface area contributed by atoms with E-state index in [0.29, 0.717) is 23.1 Å². The van der Waals surface area contributed by atoms with Crippen molar-refractivity contribution in [1.82, 2.24) is 30.0 Å². The van der Waals surface area contributed by atoms with Gasteiger partial charge in [-0.15, -0.1) is 10.2 Å². The van der Waals surface area contributed by atoms with Gasteiger partial charge in [0.05, 0.1) is 22.3 Å². The molecule has 0 saturated carbocycles. The Morgan fingerprint density at radius 2 is 1.74 bits per heavy atom. The minimum absolute atomic E-state index is 0.102. The molecule has 0 aliphatic carbocycles. The second-order valence-corrected chi connectivity index (χ2v) is 8.84. The summed E-state index contributed by atoms with van der Waals surface area (Å²) in [4.78, 5) is 20.3. The summed E-state index contributed by atoms with van der Waals surface area (Å²) in [6.45, 7) is 0.544. The van der Waals surface area contributed by atoms with Gasteiger partial charge in [-0.3, -0.25) is 9.36 Å². The lowest BCUT2D eigenvalue weighted by molar-refractivity contribution is -0.118. The van der Waals surface area contributed by atoms with E-state index in [1.807, 2.05) is 54.6 Å². The number of para-hydroxylation sites is 3. The van der Waals surface area contributed by atoms with Crippen LogP contribution in [-0.2, 0) is 11.2 Å². The van der Waals surface area contributed by atoms with Crippen molar-refractivity contribution in [1.29, 1.82) is 0 Å². The zero-order valence-corrected chi connectivity index (χ0v) is 19.6. The monoisotopic (exact) mass is 486 g/mol. The molecule has 0 radical (unpaired) electrons. The van der Waals surface area contributed by atoms with E-state index in [2.05, 4.69) is 25.5 Å². The van der Waals surface area contributed by atoms with E-state index in [1.165, 1.54) is 17.8 Å². The highest BCUT2D eigenvalue weighted by atomic mass is 32.2. The van der Waals surface area contributed by atoms with Gasteiger partial charge in [-0.1, -0.05) is 54.2 Å². The molecule has 35 heavy (non-hydrogen) atoms. The normalized spacial score (nSPS) is 11.1. The van der Waals surface area contributed by atoms with E-state index < -0.39 is 0 Å². The molecule has 0 atom stereocenters. The maximum Gasteiger partial charge on any atom is 0.230 e. The number of fused-ring (bicyclic) bond motifs is 1.